The fraction of sp³-hybridized carbons (Fsp3) is 0.125. The topological polar surface area (TPSA) is 99.3 Å². The molecule has 7 nitrogen and oxygen atoms in total. The monoisotopic (exact) mass is 470 g/mol. The third-order valence-electron chi connectivity index (χ3n) is 4.54. The lowest BCUT2D eigenvalue weighted by atomic mass is 10.1. The Balaban J connectivity index is 1.63. The average molecular weight is 470 g/mol. The van der Waals surface area contributed by atoms with Crippen molar-refractivity contribution < 1.29 is 27.6 Å². The number of rotatable bonds is 8. The van der Waals surface area contributed by atoms with Gasteiger partial charge in [0.2, 0.25) is 5.91 Å². The van der Waals surface area contributed by atoms with Crippen molar-refractivity contribution in [3.63, 3.8) is 0 Å². The molecule has 0 unspecified atom stereocenters. The maximum Gasteiger partial charge on any atom is 0.405 e. The van der Waals surface area contributed by atoms with Gasteiger partial charge >= 0.3 is 6.18 Å². The molecule has 34 heavy (non-hydrogen) atoms. The molecule has 0 aromatic heterocycles. The van der Waals surface area contributed by atoms with Gasteiger partial charge in [-0.15, -0.1) is 0 Å². The summed E-state index contributed by atoms with van der Waals surface area (Å²) < 4.78 is 37.2. The largest absolute Gasteiger partial charge is 0.405 e. The van der Waals surface area contributed by atoms with Crippen LogP contribution in [0.4, 0.5) is 30.2 Å². The van der Waals surface area contributed by atoms with Gasteiger partial charge < -0.3 is 21.3 Å². The molecule has 0 saturated heterocycles. The number of amides is 3. The van der Waals surface area contributed by atoms with Crippen molar-refractivity contribution in [3.05, 3.63) is 90.0 Å². The number of alkyl halides is 3. The molecule has 3 rings (SSSR count). The SMILES string of the molecule is O=C(CNc1ccccc1C(=O)NCC(F)(F)F)Nc1ccccc1C(=O)Nc1ccccc1. The van der Waals surface area contributed by atoms with E-state index >= 15 is 0 Å². The molecule has 0 aliphatic heterocycles. The minimum Gasteiger partial charge on any atom is -0.376 e. The van der Waals surface area contributed by atoms with Gasteiger partial charge in [0.05, 0.1) is 23.4 Å². The van der Waals surface area contributed by atoms with Crippen molar-refractivity contribution in [2.45, 2.75) is 6.18 Å². The first-order chi connectivity index (χ1) is 16.2. The van der Waals surface area contributed by atoms with Crippen LogP contribution in [0.1, 0.15) is 20.7 Å². The number of carbonyl (C=O) groups is 3. The Morgan fingerprint density at radius 3 is 1.88 bits per heavy atom. The summed E-state index contributed by atoms with van der Waals surface area (Å²) in [5.41, 5.74) is 1.26. The Kier molecular flexibility index (Phi) is 7.86. The normalized spacial score (nSPS) is 10.8. The van der Waals surface area contributed by atoms with E-state index in [0.29, 0.717) is 5.69 Å². The molecule has 4 N–H and O–H groups in total. The van der Waals surface area contributed by atoms with Crippen LogP contribution < -0.4 is 21.3 Å². The maximum absolute atomic E-state index is 12.6. The van der Waals surface area contributed by atoms with E-state index in [1.165, 1.54) is 18.2 Å². The molecule has 0 spiro atoms. The molecule has 176 valence electrons. The van der Waals surface area contributed by atoms with E-state index in [9.17, 15) is 27.6 Å². The lowest BCUT2D eigenvalue weighted by molar-refractivity contribution is -0.123. The molecular weight excluding hydrogens is 449 g/mol. The highest BCUT2D eigenvalue weighted by Gasteiger charge is 2.28. The second kappa shape index (κ2) is 11.0. The van der Waals surface area contributed by atoms with Crippen molar-refractivity contribution in [2.24, 2.45) is 0 Å². The summed E-state index contributed by atoms with van der Waals surface area (Å²) in [6.45, 7) is -1.76. The smallest absolute Gasteiger partial charge is 0.376 e. The molecule has 0 heterocycles. The Bertz CT molecular complexity index is 1170. The molecule has 10 heteroatoms. The Morgan fingerprint density at radius 1 is 0.676 bits per heavy atom. The maximum atomic E-state index is 12.6. The van der Waals surface area contributed by atoms with E-state index in [2.05, 4.69) is 16.0 Å². The van der Waals surface area contributed by atoms with Crippen LogP contribution in [0.15, 0.2) is 78.9 Å². The molecule has 0 atom stereocenters. The molecule has 0 aliphatic rings. The predicted molar refractivity (Wildman–Crippen MR) is 123 cm³/mol. The van der Waals surface area contributed by atoms with Crippen molar-refractivity contribution in [3.8, 4) is 0 Å². The standard InChI is InChI=1S/C24H21F3N4O3/c25-24(26,27)15-29-22(33)17-10-4-6-12-19(17)28-14-21(32)31-20-13-7-5-11-18(20)23(34)30-16-8-2-1-3-9-16/h1-13,28H,14-15H2,(H,29,33)(H,30,34)(H,31,32). The minimum atomic E-state index is -4.54. The number of para-hydroxylation sites is 3. The van der Waals surface area contributed by atoms with E-state index < -0.39 is 30.4 Å². The van der Waals surface area contributed by atoms with Gasteiger partial charge in [-0.1, -0.05) is 42.5 Å². The summed E-state index contributed by atoms with van der Waals surface area (Å²) in [5, 5.41) is 9.91. The van der Waals surface area contributed by atoms with E-state index in [-0.39, 0.29) is 29.0 Å². The molecule has 3 aromatic carbocycles. The van der Waals surface area contributed by atoms with Crippen molar-refractivity contribution in [1.29, 1.82) is 0 Å². The Labute approximate surface area is 193 Å². The average Bonchev–Trinajstić information content (AvgIpc) is 2.82. The van der Waals surface area contributed by atoms with Crippen LogP contribution in [-0.2, 0) is 4.79 Å². The van der Waals surface area contributed by atoms with Crippen LogP contribution in [-0.4, -0.2) is 37.0 Å². The van der Waals surface area contributed by atoms with Gasteiger partial charge in [-0.05, 0) is 36.4 Å². The fourth-order valence-electron chi connectivity index (χ4n) is 2.99. The molecule has 0 fully saturated rings. The number of anilines is 3. The van der Waals surface area contributed by atoms with Gasteiger partial charge in [-0.3, -0.25) is 14.4 Å². The molecule has 3 amide bonds. The second-order valence-electron chi connectivity index (χ2n) is 7.11. The summed E-state index contributed by atoms with van der Waals surface area (Å²) in [6, 6.07) is 21.1. The van der Waals surface area contributed by atoms with Crippen molar-refractivity contribution in [1.82, 2.24) is 5.32 Å². The first kappa shape index (κ1) is 24.3. The highest BCUT2D eigenvalue weighted by molar-refractivity contribution is 6.10. The van der Waals surface area contributed by atoms with Crippen LogP contribution >= 0.6 is 0 Å². The molecule has 0 radical (unpaired) electrons. The summed E-state index contributed by atoms with van der Waals surface area (Å²) >= 11 is 0. The molecule has 0 bridgehead atoms. The zero-order valence-electron chi connectivity index (χ0n) is 17.8. The van der Waals surface area contributed by atoms with Gasteiger partial charge in [0.25, 0.3) is 11.8 Å². The number of hydrogen-bond acceptors (Lipinski definition) is 4. The summed E-state index contributed by atoms with van der Waals surface area (Å²) in [4.78, 5) is 37.3. The summed E-state index contributed by atoms with van der Waals surface area (Å²) in [7, 11) is 0. The third-order valence-corrected chi connectivity index (χ3v) is 4.54. The van der Waals surface area contributed by atoms with Crippen LogP contribution in [0.25, 0.3) is 0 Å². The van der Waals surface area contributed by atoms with Gasteiger partial charge in [0.15, 0.2) is 0 Å². The first-order valence-electron chi connectivity index (χ1n) is 10.2. The van der Waals surface area contributed by atoms with E-state index in [1.807, 2.05) is 6.07 Å². The molecule has 0 aliphatic carbocycles. The van der Waals surface area contributed by atoms with E-state index in [1.54, 1.807) is 59.9 Å². The van der Waals surface area contributed by atoms with Crippen molar-refractivity contribution >= 4 is 34.8 Å². The molecular formula is C24H21F3N4O3. The predicted octanol–water partition coefficient (Wildman–Crippen LogP) is 4.28. The van der Waals surface area contributed by atoms with E-state index in [0.717, 1.165) is 0 Å². The zero-order chi connectivity index (χ0) is 24.6. The van der Waals surface area contributed by atoms with Crippen molar-refractivity contribution in [2.75, 3.05) is 29.0 Å². The van der Waals surface area contributed by atoms with Crippen LogP contribution in [0.5, 0.6) is 0 Å². The van der Waals surface area contributed by atoms with Crippen LogP contribution in [0, 0.1) is 0 Å². The first-order valence-corrected chi connectivity index (χ1v) is 10.2. The summed E-state index contributed by atoms with van der Waals surface area (Å²) in [6.07, 6.45) is -4.54. The lowest BCUT2D eigenvalue weighted by Crippen LogP contribution is -2.34. The molecule has 0 saturated carbocycles. The fourth-order valence-corrected chi connectivity index (χ4v) is 2.99. The quantitative estimate of drug-likeness (QED) is 0.395. The highest BCUT2D eigenvalue weighted by Crippen LogP contribution is 2.19. The van der Waals surface area contributed by atoms with Gasteiger partial charge in [-0.2, -0.15) is 13.2 Å². The second-order valence-corrected chi connectivity index (χ2v) is 7.11. The van der Waals surface area contributed by atoms with Crippen LogP contribution in [0.2, 0.25) is 0 Å². The minimum absolute atomic E-state index is 0.0396. The number of nitrogens with one attached hydrogen (secondary N) is 4. The molecule has 3 aromatic rings. The highest BCUT2D eigenvalue weighted by atomic mass is 19.4. The number of halogens is 3. The Hall–Kier alpha value is -4.34. The van der Waals surface area contributed by atoms with E-state index in [4.69, 9.17) is 0 Å². The summed E-state index contributed by atoms with van der Waals surface area (Å²) in [5.74, 6) is -1.86. The number of hydrogen-bond donors (Lipinski definition) is 4. The van der Waals surface area contributed by atoms with Gasteiger partial charge in [0.1, 0.15) is 6.54 Å². The number of benzene rings is 3. The van der Waals surface area contributed by atoms with Crippen LogP contribution in [0.3, 0.4) is 0 Å². The Morgan fingerprint density at radius 2 is 1.24 bits per heavy atom. The third kappa shape index (κ3) is 7.09. The lowest BCUT2D eigenvalue weighted by Gasteiger charge is -2.14. The van der Waals surface area contributed by atoms with Gasteiger partial charge in [-0.25, -0.2) is 0 Å². The zero-order valence-corrected chi connectivity index (χ0v) is 17.8. The van der Waals surface area contributed by atoms with Gasteiger partial charge in [0, 0.05) is 11.4 Å². The number of carbonyl (C=O) groups excluding carboxylic acids is 3.